The van der Waals surface area contributed by atoms with Crippen LogP contribution in [0.4, 0.5) is 11.4 Å². The van der Waals surface area contributed by atoms with Gasteiger partial charge in [0.2, 0.25) is 5.91 Å². The lowest BCUT2D eigenvalue weighted by Crippen LogP contribution is -2.38. The van der Waals surface area contributed by atoms with E-state index in [9.17, 15) is 13.2 Å². The van der Waals surface area contributed by atoms with Gasteiger partial charge >= 0.3 is 0 Å². The number of carbonyl (C=O) groups excluding carboxylic acids is 1. The van der Waals surface area contributed by atoms with Crippen molar-refractivity contribution in [1.29, 1.82) is 0 Å². The number of anilines is 2. The van der Waals surface area contributed by atoms with E-state index in [1.807, 2.05) is 37.3 Å². The second-order valence-electron chi connectivity index (χ2n) is 7.43. The van der Waals surface area contributed by atoms with E-state index in [1.54, 1.807) is 36.4 Å². The molecule has 0 fully saturated rings. The summed E-state index contributed by atoms with van der Waals surface area (Å²) in [6.45, 7) is 5.71. The molecule has 3 aromatic rings. The van der Waals surface area contributed by atoms with E-state index in [1.165, 1.54) is 12.1 Å². The molecular formula is C24H26N2O3S. The molecule has 0 aliphatic heterocycles. The molecular weight excluding hydrogens is 396 g/mol. The molecule has 0 atom stereocenters. The number of amides is 1. The third-order valence-corrected chi connectivity index (χ3v) is 6.67. The van der Waals surface area contributed by atoms with Gasteiger partial charge in [-0.2, -0.15) is 0 Å². The van der Waals surface area contributed by atoms with Crippen molar-refractivity contribution >= 4 is 27.3 Å². The van der Waals surface area contributed by atoms with Crippen molar-refractivity contribution in [1.82, 2.24) is 0 Å². The predicted octanol–water partition coefficient (Wildman–Crippen LogP) is 4.95. The molecule has 0 aliphatic carbocycles. The van der Waals surface area contributed by atoms with Crippen molar-refractivity contribution in [3.8, 4) is 0 Å². The van der Waals surface area contributed by atoms with Crippen molar-refractivity contribution < 1.29 is 13.2 Å². The summed E-state index contributed by atoms with van der Waals surface area (Å²) in [5, 5.41) is 2.82. The molecule has 6 heteroatoms. The molecule has 1 N–H and O–H groups in total. The highest BCUT2D eigenvalue weighted by Gasteiger charge is 2.27. The smallest absolute Gasteiger partial charge is 0.264 e. The molecule has 0 radical (unpaired) electrons. The Morgan fingerprint density at radius 1 is 0.900 bits per heavy atom. The van der Waals surface area contributed by atoms with Crippen LogP contribution in [-0.2, 0) is 14.8 Å². The van der Waals surface area contributed by atoms with E-state index in [4.69, 9.17) is 0 Å². The van der Waals surface area contributed by atoms with Gasteiger partial charge in [-0.05, 0) is 54.3 Å². The number of rotatable bonds is 7. The first-order valence-corrected chi connectivity index (χ1v) is 11.3. The third kappa shape index (κ3) is 4.89. The fourth-order valence-electron chi connectivity index (χ4n) is 3.09. The largest absolute Gasteiger partial charge is 0.324 e. The van der Waals surface area contributed by atoms with E-state index in [-0.39, 0.29) is 11.4 Å². The second kappa shape index (κ2) is 9.13. The van der Waals surface area contributed by atoms with Crippen molar-refractivity contribution in [2.45, 2.75) is 31.6 Å². The summed E-state index contributed by atoms with van der Waals surface area (Å²) in [5.74, 6) is -0.0840. The maximum atomic E-state index is 13.4. The summed E-state index contributed by atoms with van der Waals surface area (Å²) >= 11 is 0. The Hall–Kier alpha value is -3.12. The maximum absolute atomic E-state index is 13.4. The van der Waals surface area contributed by atoms with Gasteiger partial charge in [0, 0.05) is 5.69 Å². The van der Waals surface area contributed by atoms with E-state index < -0.39 is 15.9 Å². The fraction of sp³-hybridized carbons (Fsp3) is 0.208. The first-order chi connectivity index (χ1) is 14.3. The van der Waals surface area contributed by atoms with Gasteiger partial charge in [0.1, 0.15) is 6.54 Å². The first kappa shape index (κ1) is 21.6. The van der Waals surface area contributed by atoms with Crippen LogP contribution in [0.5, 0.6) is 0 Å². The zero-order valence-electron chi connectivity index (χ0n) is 17.4. The van der Waals surface area contributed by atoms with Crippen LogP contribution in [0, 0.1) is 6.92 Å². The first-order valence-electron chi connectivity index (χ1n) is 9.82. The average molecular weight is 423 g/mol. The second-order valence-corrected chi connectivity index (χ2v) is 9.30. The molecule has 0 heterocycles. The molecule has 0 saturated heterocycles. The van der Waals surface area contributed by atoms with Crippen LogP contribution in [-0.4, -0.2) is 20.9 Å². The van der Waals surface area contributed by atoms with Crippen LogP contribution in [0.15, 0.2) is 83.8 Å². The number of nitrogens with zero attached hydrogens (tertiary/aromatic N) is 1. The highest BCUT2D eigenvalue weighted by Crippen LogP contribution is 2.26. The average Bonchev–Trinajstić information content (AvgIpc) is 2.74. The minimum absolute atomic E-state index is 0.140. The summed E-state index contributed by atoms with van der Waals surface area (Å²) in [7, 11) is -3.91. The Labute approximate surface area is 178 Å². The van der Waals surface area contributed by atoms with Gasteiger partial charge in [-0.25, -0.2) is 8.42 Å². The van der Waals surface area contributed by atoms with Crippen molar-refractivity contribution in [3.05, 3.63) is 90.0 Å². The number of nitrogens with one attached hydrogen (secondary N) is 1. The number of carbonyl (C=O) groups is 1. The highest BCUT2D eigenvalue weighted by molar-refractivity contribution is 7.92. The molecule has 5 nitrogen and oxygen atoms in total. The summed E-state index contributed by atoms with van der Waals surface area (Å²) in [4.78, 5) is 12.9. The Kier molecular flexibility index (Phi) is 6.57. The van der Waals surface area contributed by atoms with E-state index >= 15 is 0 Å². The summed E-state index contributed by atoms with van der Waals surface area (Å²) in [5.41, 5.74) is 3.11. The number of para-hydroxylation sites is 1. The van der Waals surface area contributed by atoms with Crippen LogP contribution in [0.3, 0.4) is 0 Å². The molecule has 0 saturated carbocycles. The van der Waals surface area contributed by atoms with Crippen LogP contribution < -0.4 is 9.62 Å². The number of benzene rings is 3. The lowest BCUT2D eigenvalue weighted by Gasteiger charge is -2.24. The molecule has 0 aliphatic rings. The van der Waals surface area contributed by atoms with Crippen molar-refractivity contribution in [3.63, 3.8) is 0 Å². The lowest BCUT2D eigenvalue weighted by molar-refractivity contribution is -0.114. The molecule has 156 valence electrons. The molecule has 1 amide bonds. The van der Waals surface area contributed by atoms with Crippen molar-refractivity contribution in [2.75, 3.05) is 16.2 Å². The van der Waals surface area contributed by atoms with Crippen LogP contribution >= 0.6 is 0 Å². The van der Waals surface area contributed by atoms with Crippen LogP contribution in [0.25, 0.3) is 0 Å². The zero-order chi connectivity index (χ0) is 21.7. The van der Waals surface area contributed by atoms with Crippen LogP contribution in [0.2, 0.25) is 0 Å². The molecule has 3 aromatic carbocycles. The maximum Gasteiger partial charge on any atom is 0.264 e. The van der Waals surface area contributed by atoms with Gasteiger partial charge in [0.05, 0.1) is 10.6 Å². The zero-order valence-corrected chi connectivity index (χ0v) is 18.2. The highest BCUT2D eigenvalue weighted by atomic mass is 32.2. The number of hydrogen-bond donors (Lipinski definition) is 1. The minimum Gasteiger partial charge on any atom is -0.324 e. The van der Waals surface area contributed by atoms with Crippen molar-refractivity contribution in [2.24, 2.45) is 0 Å². The van der Waals surface area contributed by atoms with E-state index in [0.717, 1.165) is 15.4 Å². The summed E-state index contributed by atoms with van der Waals surface area (Å²) in [6.07, 6.45) is 0. The van der Waals surface area contributed by atoms with Gasteiger partial charge in [-0.3, -0.25) is 9.10 Å². The van der Waals surface area contributed by atoms with E-state index in [0.29, 0.717) is 17.3 Å². The topological polar surface area (TPSA) is 66.5 Å². The lowest BCUT2D eigenvalue weighted by atomic mass is 10.0. The Morgan fingerprint density at radius 3 is 2.10 bits per heavy atom. The molecule has 3 rings (SSSR count). The van der Waals surface area contributed by atoms with E-state index in [2.05, 4.69) is 19.2 Å². The molecule has 30 heavy (non-hydrogen) atoms. The van der Waals surface area contributed by atoms with Gasteiger partial charge in [-0.15, -0.1) is 0 Å². The standard InChI is InChI=1S/C24H26N2O3S/c1-18(2)20-13-15-21(16-14-20)26(30(28,29)22-10-5-4-6-11-22)17-24(27)25-23-12-8-7-9-19(23)3/h4-16,18H,17H2,1-3H3,(H,25,27). The predicted molar refractivity (Wildman–Crippen MR) is 121 cm³/mol. The molecule has 0 unspecified atom stereocenters. The third-order valence-electron chi connectivity index (χ3n) is 4.89. The summed E-state index contributed by atoms with van der Waals surface area (Å²) < 4.78 is 27.9. The Balaban J connectivity index is 1.95. The van der Waals surface area contributed by atoms with Gasteiger partial charge in [-0.1, -0.05) is 62.4 Å². The van der Waals surface area contributed by atoms with Gasteiger partial charge < -0.3 is 5.32 Å². The normalized spacial score (nSPS) is 11.3. The molecule has 0 spiro atoms. The Morgan fingerprint density at radius 2 is 1.50 bits per heavy atom. The summed E-state index contributed by atoms with van der Waals surface area (Å²) in [6, 6.07) is 22.8. The quantitative estimate of drug-likeness (QED) is 0.586. The molecule has 0 bridgehead atoms. The monoisotopic (exact) mass is 422 g/mol. The molecule has 0 aromatic heterocycles. The number of aryl methyl sites for hydroxylation is 1. The number of hydrogen-bond acceptors (Lipinski definition) is 3. The minimum atomic E-state index is -3.91. The van der Waals surface area contributed by atoms with Gasteiger partial charge in [0.15, 0.2) is 0 Å². The number of sulfonamides is 1. The fourth-order valence-corrected chi connectivity index (χ4v) is 4.54. The SMILES string of the molecule is Cc1ccccc1NC(=O)CN(c1ccc(C(C)C)cc1)S(=O)(=O)c1ccccc1. The van der Waals surface area contributed by atoms with Crippen LogP contribution in [0.1, 0.15) is 30.9 Å². The Bertz CT molecular complexity index is 1110. The van der Waals surface area contributed by atoms with Gasteiger partial charge in [0.25, 0.3) is 10.0 Å².